The monoisotopic (exact) mass is 348 g/mol. The van der Waals surface area contributed by atoms with Crippen molar-refractivity contribution in [2.75, 3.05) is 0 Å². The molecule has 3 nitrogen and oxygen atoms in total. The third kappa shape index (κ3) is 7.56. The number of aliphatic hydroxyl groups is 1. The van der Waals surface area contributed by atoms with E-state index in [-0.39, 0.29) is 11.5 Å². The van der Waals surface area contributed by atoms with E-state index in [0.29, 0.717) is 5.92 Å². The quantitative estimate of drug-likeness (QED) is 0.565. The van der Waals surface area contributed by atoms with Gasteiger partial charge in [-0.15, -0.1) is 0 Å². The first kappa shape index (κ1) is 19.6. The van der Waals surface area contributed by atoms with E-state index >= 15 is 0 Å². The standard InChI is InChI=1S/C15H36O3Si3/c1-19-15(17-20(2,3)4,18-21(5,6)7)12-13-8-10-14(16)11-9-13/h13-14,16H,8-12,19H2,1-7H3. The molecule has 6 heteroatoms. The molecule has 0 unspecified atom stereocenters. The lowest BCUT2D eigenvalue weighted by molar-refractivity contribution is -0.0774. The summed E-state index contributed by atoms with van der Waals surface area (Å²) >= 11 is 0. The fourth-order valence-electron chi connectivity index (χ4n) is 3.30. The zero-order valence-corrected chi connectivity index (χ0v) is 18.6. The Labute approximate surface area is 135 Å². The molecule has 1 saturated carbocycles. The van der Waals surface area contributed by atoms with Crippen LogP contribution in [0, 0.1) is 5.92 Å². The van der Waals surface area contributed by atoms with Crippen molar-refractivity contribution in [1.29, 1.82) is 0 Å². The van der Waals surface area contributed by atoms with Gasteiger partial charge in [0.1, 0.15) is 5.41 Å². The lowest BCUT2D eigenvalue weighted by Crippen LogP contribution is -2.54. The van der Waals surface area contributed by atoms with Crippen LogP contribution in [0.4, 0.5) is 0 Å². The van der Waals surface area contributed by atoms with Gasteiger partial charge in [0, 0.05) is 0 Å². The molecule has 1 fully saturated rings. The number of aliphatic hydroxyl groups excluding tert-OH is 1. The minimum absolute atomic E-state index is 0.0784. The molecule has 0 amide bonds. The molecule has 126 valence electrons. The van der Waals surface area contributed by atoms with Gasteiger partial charge < -0.3 is 14.0 Å². The van der Waals surface area contributed by atoms with Gasteiger partial charge in [0.05, 0.1) is 15.6 Å². The Morgan fingerprint density at radius 3 is 1.71 bits per heavy atom. The first-order valence-corrected chi connectivity index (χ1v) is 17.5. The van der Waals surface area contributed by atoms with Crippen molar-refractivity contribution in [3.63, 3.8) is 0 Å². The van der Waals surface area contributed by atoms with Gasteiger partial charge >= 0.3 is 0 Å². The lowest BCUT2D eigenvalue weighted by Gasteiger charge is -2.45. The second-order valence-corrected chi connectivity index (χ2v) is 19.2. The fourth-order valence-corrected chi connectivity index (χ4v) is 10.3. The summed E-state index contributed by atoms with van der Waals surface area (Å²) in [6, 6.07) is 0. The predicted octanol–water partition coefficient (Wildman–Crippen LogP) is 3.50. The van der Waals surface area contributed by atoms with Crippen LogP contribution in [0.1, 0.15) is 32.1 Å². The molecule has 0 aliphatic heterocycles. The lowest BCUT2D eigenvalue weighted by atomic mass is 9.85. The van der Waals surface area contributed by atoms with Crippen molar-refractivity contribution in [2.45, 2.75) is 89.4 Å². The highest BCUT2D eigenvalue weighted by molar-refractivity contribution is 6.72. The molecule has 21 heavy (non-hydrogen) atoms. The third-order valence-corrected chi connectivity index (χ3v) is 8.14. The van der Waals surface area contributed by atoms with Crippen molar-refractivity contribution in [3.05, 3.63) is 0 Å². The maximum atomic E-state index is 9.72. The Morgan fingerprint density at radius 1 is 0.952 bits per heavy atom. The van der Waals surface area contributed by atoms with Gasteiger partial charge in [0.15, 0.2) is 16.6 Å². The van der Waals surface area contributed by atoms with Crippen LogP contribution in [-0.4, -0.2) is 42.8 Å². The Kier molecular flexibility index (Phi) is 6.90. The summed E-state index contributed by atoms with van der Waals surface area (Å²) < 4.78 is 13.3. The zero-order chi connectivity index (χ0) is 16.3. The van der Waals surface area contributed by atoms with Gasteiger partial charge in [-0.2, -0.15) is 0 Å². The molecule has 1 N–H and O–H groups in total. The fraction of sp³-hybridized carbons (Fsp3) is 1.00. The van der Waals surface area contributed by atoms with Gasteiger partial charge in [0.25, 0.3) is 0 Å². The molecule has 0 aromatic carbocycles. The van der Waals surface area contributed by atoms with Crippen LogP contribution in [-0.2, 0) is 8.85 Å². The maximum absolute atomic E-state index is 9.72. The summed E-state index contributed by atoms with van der Waals surface area (Å²) in [5.74, 6) is 0.661. The van der Waals surface area contributed by atoms with Crippen molar-refractivity contribution in [2.24, 2.45) is 5.92 Å². The molecule has 1 rings (SSSR count). The van der Waals surface area contributed by atoms with Crippen LogP contribution in [0.15, 0.2) is 0 Å². The van der Waals surface area contributed by atoms with E-state index in [2.05, 4.69) is 45.8 Å². The van der Waals surface area contributed by atoms with Crippen molar-refractivity contribution >= 4 is 26.2 Å². The molecule has 1 aliphatic rings. The Hall–Kier alpha value is 0.531. The van der Waals surface area contributed by atoms with E-state index in [4.69, 9.17) is 8.85 Å². The highest BCUT2D eigenvalue weighted by Crippen LogP contribution is 2.36. The highest BCUT2D eigenvalue weighted by Gasteiger charge is 2.41. The van der Waals surface area contributed by atoms with Crippen LogP contribution in [0.25, 0.3) is 0 Å². The Morgan fingerprint density at radius 2 is 1.38 bits per heavy atom. The molecule has 0 atom stereocenters. The van der Waals surface area contributed by atoms with Gasteiger partial charge in [-0.3, -0.25) is 0 Å². The second-order valence-electron chi connectivity index (χ2n) is 8.57. The van der Waals surface area contributed by atoms with E-state index in [1.807, 2.05) is 0 Å². The van der Waals surface area contributed by atoms with Gasteiger partial charge in [-0.05, 0) is 77.3 Å². The second kappa shape index (κ2) is 7.40. The van der Waals surface area contributed by atoms with E-state index < -0.39 is 26.2 Å². The normalized spacial score (nSPS) is 25.7. The van der Waals surface area contributed by atoms with Crippen molar-refractivity contribution in [3.8, 4) is 0 Å². The largest absolute Gasteiger partial charge is 0.395 e. The SMILES string of the molecule is C[SiH2]C(CC1CCC(O)CC1)(O[Si](C)(C)C)O[Si](C)(C)C. The van der Waals surface area contributed by atoms with Crippen molar-refractivity contribution < 1.29 is 14.0 Å². The molecule has 0 aromatic rings. The maximum Gasteiger partial charge on any atom is 0.187 e. The molecule has 1 aliphatic carbocycles. The van der Waals surface area contributed by atoms with Gasteiger partial charge in [-0.25, -0.2) is 0 Å². The minimum Gasteiger partial charge on any atom is -0.395 e. The number of hydrogen-bond donors (Lipinski definition) is 1. The smallest absolute Gasteiger partial charge is 0.187 e. The first-order chi connectivity index (χ1) is 9.45. The summed E-state index contributed by atoms with van der Waals surface area (Å²) in [4.78, 5) is 0. The average Bonchev–Trinajstić information content (AvgIpc) is 2.28. The molecular weight excluding hydrogens is 312 g/mol. The molecule has 0 aromatic heterocycles. The van der Waals surface area contributed by atoms with E-state index in [1.165, 1.54) is 0 Å². The molecular formula is C15H36O3Si3. The minimum atomic E-state index is -1.63. The molecule has 0 saturated heterocycles. The predicted molar refractivity (Wildman–Crippen MR) is 98.6 cm³/mol. The van der Waals surface area contributed by atoms with Crippen LogP contribution in [0.5, 0.6) is 0 Å². The summed E-state index contributed by atoms with van der Waals surface area (Å²) in [6.45, 7) is 15.9. The molecule has 0 bridgehead atoms. The number of rotatable bonds is 7. The first-order valence-electron chi connectivity index (χ1n) is 8.53. The highest BCUT2D eigenvalue weighted by atomic mass is 28.4. The Balaban J connectivity index is 2.83. The summed E-state index contributed by atoms with van der Waals surface area (Å²) in [5.41, 5.74) is -0.262. The van der Waals surface area contributed by atoms with Crippen LogP contribution in [0.3, 0.4) is 0 Å². The average molecular weight is 349 g/mol. The molecule has 0 spiro atoms. The summed E-state index contributed by atoms with van der Waals surface area (Å²) in [7, 11) is -3.69. The summed E-state index contributed by atoms with van der Waals surface area (Å²) in [5, 5.41) is 9.72. The summed E-state index contributed by atoms with van der Waals surface area (Å²) in [6.07, 6.45) is 5.13. The van der Waals surface area contributed by atoms with Gasteiger partial charge in [0.2, 0.25) is 0 Å². The zero-order valence-electron chi connectivity index (χ0n) is 15.2. The van der Waals surface area contributed by atoms with E-state index in [1.54, 1.807) is 0 Å². The molecule has 0 radical (unpaired) electrons. The van der Waals surface area contributed by atoms with Crippen LogP contribution in [0.2, 0.25) is 45.8 Å². The van der Waals surface area contributed by atoms with Crippen molar-refractivity contribution in [1.82, 2.24) is 0 Å². The number of hydrogen-bond acceptors (Lipinski definition) is 3. The van der Waals surface area contributed by atoms with Gasteiger partial charge in [-0.1, -0.05) is 6.55 Å². The Bertz CT molecular complexity index is 299. The molecule has 0 heterocycles. The van der Waals surface area contributed by atoms with Crippen LogP contribution >= 0.6 is 0 Å². The van der Waals surface area contributed by atoms with E-state index in [9.17, 15) is 5.11 Å². The van der Waals surface area contributed by atoms with Crippen LogP contribution < -0.4 is 0 Å². The van der Waals surface area contributed by atoms with E-state index in [0.717, 1.165) is 32.1 Å². The third-order valence-electron chi connectivity index (χ3n) is 3.94. The topological polar surface area (TPSA) is 38.7 Å².